The molecule has 3 rings (SSSR count). The Hall–Kier alpha value is -1.46. The molecule has 1 amide bonds. The fourth-order valence-corrected chi connectivity index (χ4v) is 3.13. The predicted molar refractivity (Wildman–Crippen MR) is 74.5 cm³/mol. The summed E-state index contributed by atoms with van der Waals surface area (Å²) in [6.07, 6.45) is 1.89. The van der Waals surface area contributed by atoms with Crippen LogP contribution in [-0.4, -0.2) is 48.4 Å². The average molecular weight is 277 g/mol. The predicted octanol–water partition coefficient (Wildman–Crippen LogP) is 1.35. The Morgan fingerprint density at radius 1 is 1.20 bits per heavy atom. The van der Waals surface area contributed by atoms with Crippen molar-refractivity contribution in [3.63, 3.8) is 0 Å². The number of amides is 1. The highest BCUT2D eigenvalue weighted by Gasteiger charge is 2.37. The van der Waals surface area contributed by atoms with Gasteiger partial charge in [-0.15, -0.1) is 0 Å². The van der Waals surface area contributed by atoms with Crippen LogP contribution >= 0.6 is 0 Å². The van der Waals surface area contributed by atoms with Gasteiger partial charge in [0.15, 0.2) is 0 Å². The van der Waals surface area contributed by atoms with E-state index < -0.39 is 0 Å². The second-order valence-electron chi connectivity index (χ2n) is 5.67. The maximum Gasteiger partial charge on any atom is 0.238 e. The van der Waals surface area contributed by atoms with Gasteiger partial charge in [0.1, 0.15) is 12.0 Å². The molecule has 20 heavy (non-hydrogen) atoms. The summed E-state index contributed by atoms with van der Waals surface area (Å²) >= 11 is 0. The monoisotopic (exact) mass is 277 g/mol. The number of carbonyl (C=O) groups is 1. The highest BCUT2D eigenvalue weighted by Crippen LogP contribution is 2.29. The Kier molecular flexibility index (Phi) is 3.72. The minimum Gasteiger partial charge on any atom is -0.319 e. The van der Waals surface area contributed by atoms with Crippen LogP contribution in [0.25, 0.3) is 0 Å². The molecule has 0 radical (unpaired) electrons. The maximum atomic E-state index is 13.0. The van der Waals surface area contributed by atoms with E-state index in [9.17, 15) is 9.18 Å². The van der Waals surface area contributed by atoms with Crippen molar-refractivity contribution in [1.29, 1.82) is 0 Å². The molecular weight excluding hydrogens is 257 g/mol. The molecular formula is C15H20FN3O. The first-order valence-electron chi connectivity index (χ1n) is 7.14. The number of likely N-dealkylation sites (tertiary alicyclic amines) is 1. The molecule has 0 spiro atoms. The molecule has 1 atom stereocenters. The minimum absolute atomic E-state index is 0.114. The number of nitrogens with zero attached hydrogens (tertiary/aromatic N) is 2. The van der Waals surface area contributed by atoms with E-state index in [1.54, 1.807) is 12.1 Å². The molecule has 0 saturated carbocycles. The molecule has 2 saturated heterocycles. The van der Waals surface area contributed by atoms with Crippen LogP contribution in [0.1, 0.15) is 24.6 Å². The third kappa shape index (κ3) is 2.55. The molecule has 2 aliphatic rings. The summed E-state index contributed by atoms with van der Waals surface area (Å²) in [7, 11) is 2.11. The minimum atomic E-state index is -0.246. The zero-order valence-electron chi connectivity index (χ0n) is 11.7. The largest absolute Gasteiger partial charge is 0.319 e. The Labute approximate surface area is 118 Å². The molecule has 1 aromatic rings. The third-order valence-electron chi connectivity index (χ3n) is 4.28. The van der Waals surface area contributed by atoms with Gasteiger partial charge in [0.2, 0.25) is 5.91 Å². The average Bonchev–Trinajstić information content (AvgIpc) is 2.83. The third-order valence-corrected chi connectivity index (χ3v) is 4.28. The number of benzene rings is 1. The van der Waals surface area contributed by atoms with E-state index in [1.165, 1.54) is 12.1 Å². The van der Waals surface area contributed by atoms with Gasteiger partial charge in [-0.05, 0) is 50.7 Å². The number of hydrogen-bond acceptors (Lipinski definition) is 3. The van der Waals surface area contributed by atoms with Crippen LogP contribution in [0, 0.1) is 5.82 Å². The summed E-state index contributed by atoms with van der Waals surface area (Å²) in [5.41, 5.74) is 0.955. The summed E-state index contributed by atoms with van der Waals surface area (Å²) in [5.74, 6) is -0.0993. The molecule has 5 heteroatoms. The molecule has 0 aliphatic carbocycles. The lowest BCUT2D eigenvalue weighted by molar-refractivity contribution is -0.131. The molecule has 4 nitrogen and oxygen atoms in total. The van der Waals surface area contributed by atoms with Gasteiger partial charge in [-0.25, -0.2) is 4.39 Å². The molecule has 2 heterocycles. The SMILES string of the molecule is CN1CCC(N2C(=O)CNC2c2ccc(F)cc2)CC1. The van der Waals surface area contributed by atoms with Gasteiger partial charge in [0, 0.05) is 6.04 Å². The topological polar surface area (TPSA) is 35.6 Å². The second-order valence-corrected chi connectivity index (χ2v) is 5.67. The fourth-order valence-electron chi connectivity index (χ4n) is 3.13. The number of rotatable bonds is 2. The van der Waals surface area contributed by atoms with E-state index in [-0.39, 0.29) is 23.9 Å². The van der Waals surface area contributed by atoms with Crippen LogP contribution in [0.15, 0.2) is 24.3 Å². The molecule has 0 bridgehead atoms. The van der Waals surface area contributed by atoms with Gasteiger partial charge < -0.3 is 9.80 Å². The zero-order chi connectivity index (χ0) is 14.1. The molecule has 108 valence electrons. The van der Waals surface area contributed by atoms with Crippen molar-refractivity contribution in [1.82, 2.24) is 15.1 Å². The van der Waals surface area contributed by atoms with Crippen molar-refractivity contribution in [2.24, 2.45) is 0 Å². The standard InChI is InChI=1S/C15H20FN3O/c1-18-8-6-13(7-9-18)19-14(20)10-17-15(19)11-2-4-12(16)5-3-11/h2-5,13,15,17H,6-10H2,1H3. The van der Waals surface area contributed by atoms with Crippen LogP contribution in [0.3, 0.4) is 0 Å². The first kappa shape index (κ1) is 13.5. The van der Waals surface area contributed by atoms with Crippen molar-refractivity contribution in [3.8, 4) is 0 Å². The number of carbonyl (C=O) groups excluding carboxylic acids is 1. The van der Waals surface area contributed by atoms with Crippen molar-refractivity contribution in [2.45, 2.75) is 25.0 Å². The molecule has 1 aromatic carbocycles. The number of nitrogens with one attached hydrogen (secondary N) is 1. The zero-order valence-corrected chi connectivity index (χ0v) is 11.7. The molecule has 1 unspecified atom stereocenters. The molecule has 0 aromatic heterocycles. The normalized spacial score (nSPS) is 25.4. The van der Waals surface area contributed by atoms with E-state index in [2.05, 4.69) is 17.3 Å². The van der Waals surface area contributed by atoms with Crippen LogP contribution in [0.5, 0.6) is 0 Å². The molecule has 2 aliphatic heterocycles. The van der Waals surface area contributed by atoms with Gasteiger partial charge in [0.05, 0.1) is 6.54 Å². The van der Waals surface area contributed by atoms with Gasteiger partial charge in [0.25, 0.3) is 0 Å². The quantitative estimate of drug-likeness (QED) is 0.886. The lowest BCUT2D eigenvalue weighted by atomic mass is 10.0. The first-order valence-corrected chi connectivity index (χ1v) is 7.14. The number of hydrogen-bond donors (Lipinski definition) is 1. The highest BCUT2D eigenvalue weighted by atomic mass is 19.1. The Bertz CT molecular complexity index is 482. The van der Waals surface area contributed by atoms with Crippen LogP contribution in [-0.2, 0) is 4.79 Å². The molecule has 2 fully saturated rings. The van der Waals surface area contributed by atoms with E-state index in [0.717, 1.165) is 31.5 Å². The van der Waals surface area contributed by atoms with Gasteiger partial charge >= 0.3 is 0 Å². The van der Waals surface area contributed by atoms with Crippen LogP contribution < -0.4 is 5.32 Å². The van der Waals surface area contributed by atoms with E-state index in [1.807, 2.05) is 4.90 Å². The van der Waals surface area contributed by atoms with Gasteiger partial charge in [-0.3, -0.25) is 10.1 Å². The van der Waals surface area contributed by atoms with Crippen molar-refractivity contribution in [2.75, 3.05) is 26.7 Å². The smallest absolute Gasteiger partial charge is 0.238 e. The van der Waals surface area contributed by atoms with Crippen LogP contribution in [0.4, 0.5) is 4.39 Å². The van der Waals surface area contributed by atoms with E-state index in [0.29, 0.717) is 6.54 Å². The first-order chi connectivity index (χ1) is 9.65. The summed E-state index contributed by atoms with van der Waals surface area (Å²) < 4.78 is 13.0. The Morgan fingerprint density at radius 3 is 2.50 bits per heavy atom. The number of piperidine rings is 1. The Morgan fingerprint density at radius 2 is 1.85 bits per heavy atom. The van der Waals surface area contributed by atoms with Gasteiger partial charge in [-0.2, -0.15) is 0 Å². The van der Waals surface area contributed by atoms with Gasteiger partial charge in [-0.1, -0.05) is 12.1 Å². The van der Waals surface area contributed by atoms with E-state index in [4.69, 9.17) is 0 Å². The maximum absolute atomic E-state index is 13.0. The highest BCUT2D eigenvalue weighted by molar-refractivity contribution is 5.81. The number of halogens is 1. The van der Waals surface area contributed by atoms with E-state index >= 15 is 0 Å². The summed E-state index contributed by atoms with van der Waals surface area (Å²) in [5, 5.41) is 3.24. The summed E-state index contributed by atoms with van der Waals surface area (Å²) in [6, 6.07) is 6.70. The summed E-state index contributed by atoms with van der Waals surface area (Å²) in [6.45, 7) is 2.41. The second kappa shape index (κ2) is 5.50. The van der Waals surface area contributed by atoms with Crippen molar-refractivity contribution >= 4 is 5.91 Å². The fraction of sp³-hybridized carbons (Fsp3) is 0.533. The Balaban J connectivity index is 1.79. The van der Waals surface area contributed by atoms with Crippen LogP contribution in [0.2, 0.25) is 0 Å². The van der Waals surface area contributed by atoms with Crippen molar-refractivity contribution < 1.29 is 9.18 Å². The molecule has 1 N–H and O–H groups in total. The lowest BCUT2D eigenvalue weighted by Gasteiger charge is -2.38. The lowest BCUT2D eigenvalue weighted by Crippen LogP contribution is -2.46. The van der Waals surface area contributed by atoms with Crippen molar-refractivity contribution in [3.05, 3.63) is 35.6 Å². The summed E-state index contributed by atoms with van der Waals surface area (Å²) in [4.78, 5) is 16.4.